The first-order valence-corrected chi connectivity index (χ1v) is 5.56. The maximum absolute atomic E-state index is 4.31. The molecule has 0 saturated heterocycles. The molecule has 0 aliphatic carbocycles. The summed E-state index contributed by atoms with van der Waals surface area (Å²) in [6.45, 7) is 8.95. The first kappa shape index (κ1) is 10.2. The van der Waals surface area contributed by atoms with Crippen LogP contribution in [0.3, 0.4) is 0 Å². The topological polar surface area (TPSA) is 28.7 Å². The number of imidazole rings is 1. The van der Waals surface area contributed by atoms with Crippen molar-refractivity contribution in [2.24, 2.45) is 0 Å². The van der Waals surface area contributed by atoms with Crippen molar-refractivity contribution in [1.82, 2.24) is 9.97 Å². The third-order valence-electron chi connectivity index (χ3n) is 2.87. The number of nitrogens with one attached hydrogen (secondary N) is 1. The van der Waals surface area contributed by atoms with Crippen LogP contribution in [0.25, 0.3) is 11.0 Å². The second kappa shape index (κ2) is 3.69. The van der Waals surface area contributed by atoms with Crippen LogP contribution in [0.5, 0.6) is 0 Å². The van der Waals surface area contributed by atoms with Crippen LogP contribution >= 0.6 is 0 Å². The molecule has 0 atom stereocenters. The zero-order chi connectivity index (χ0) is 11.0. The number of H-pyrrole nitrogens is 1. The lowest BCUT2D eigenvalue weighted by Crippen LogP contribution is -1.98. The predicted molar refractivity (Wildman–Crippen MR) is 64.3 cm³/mol. The Balaban J connectivity index is 2.68. The minimum absolute atomic E-state index is 0.559. The lowest BCUT2D eigenvalue weighted by Gasteiger charge is -2.15. The van der Waals surface area contributed by atoms with Crippen molar-refractivity contribution in [1.29, 1.82) is 0 Å². The van der Waals surface area contributed by atoms with Gasteiger partial charge in [-0.1, -0.05) is 27.7 Å². The molecule has 0 fully saturated rings. The van der Waals surface area contributed by atoms with Crippen molar-refractivity contribution in [3.8, 4) is 0 Å². The zero-order valence-corrected chi connectivity index (χ0v) is 9.83. The van der Waals surface area contributed by atoms with Gasteiger partial charge in [-0.15, -0.1) is 0 Å². The van der Waals surface area contributed by atoms with E-state index >= 15 is 0 Å². The molecule has 1 aromatic carbocycles. The molecule has 1 heterocycles. The predicted octanol–water partition coefficient (Wildman–Crippen LogP) is 3.81. The first-order chi connectivity index (χ1) is 7.09. The number of benzene rings is 1. The molecule has 2 aromatic rings. The van der Waals surface area contributed by atoms with Gasteiger partial charge in [0.2, 0.25) is 0 Å². The Morgan fingerprint density at radius 3 is 2.20 bits per heavy atom. The SMILES string of the molecule is CC(C)c1cc2nc[nH]c2cc1C(C)C. The smallest absolute Gasteiger partial charge is 0.0931 e. The molecular weight excluding hydrogens is 184 g/mol. The van der Waals surface area contributed by atoms with Crippen LogP contribution in [0, 0.1) is 0 Å². The number of rotatable bonds is 2. The quantitative estimate of drug-likeness (QED) is 0.788. The van der Waals surface area contributed by atoms with E-state index in [1.165, 1.54) is 11.1 Å². The van der Waals surface area contributed by atoms with E-state index in [2.05, 4.69) is 49.8 Å². The van der Waals surface area contributed by atoms with E-state index in [0.29, 0.717) is 11.8 Å². The number of hydrogen-bond donors (Lipinski definition) is 1. The fraction of sp³-hybridized carbons (Fsp3) is 0.462. The van der Waals surface area contributed by atoms with E-state index in [9.17, 15) is 0 Å². The van der Waals surface area contributed by atoms with Crippen LogP contribution in [0.4, 0.5) is 0 Å². The van der Waals surface area contributed by atoms with Crippen molar-refractivity contribution in [2.45, 2.75) is 39.5 Å². The highest BCUT2D eigenvalue weighted by Gasteiger charge is 2.12. The molecule has 1 aromatic heterocycles. The first-order valence-electron chi connectivity index (χ1n) is 5.56. The van der Waals surface area contributed by atoms with Crippen molar-refractivity contribution in [3.05, 3.63) is 29.6 Å². The number of hydrogen-bond acceptors (Lipinski definition) is 1. The van der Waals surface area contributed by atoms with Gasteiger partial charge in [-0.3, -0.25) is 0 Å². The summed E-state index contributed by atoms with van der Waals surface area (Å²) in [7, 11) is 0. The van der Waals surface area contributed by atoms with Gasteiger partial charge in [0, 0.05) is 0 Å². The van der Waals surface area contributed by atoms with Crippen molar-refractivity contribution in [3.63, 3.8) is 0 Å². The molecule has 0 unspecified atom stereocenters. The van der Waals surface area contributed by atoms with Crippen molar-refractivity contribution >= 4 is 11.0 Å². The minimum Gasteiger partial charge on any atom is -0.345 e. The van der Waals surface area contributed by atoms with E-state index in [4.69, 9.17) is 0 Å². The normalized spacial score (nSPS) is 11.9. The molecule has 0 amide bonds. The number of fused-ring (bicyclic) bond motifs is 1. The summed E-state index contributed by atoms with van der Waals surface area (Å²) in [5.41, 5.74) is 5.07. The monoisotopic (exact) mass is 202 g/mol. The summed E-state index contributed by atoms with van der Waals surface area (Å²) in [4.78, 5) is 7.48. The molecule has 0 spiro atoms. The number of aromatic nitrogens is 2. The molecule has 0 aliphatic rings. The zero-order valence-electron chi connectivity index (χ0n) is 9.83. The second-order valence-electron chi connectivity index (χ2n) is 4.71. The largest absolute Gasteiger partial charge is 0.345 e. The van der Waals surface area contributed by atoms with E-state index in [-0.39, 0.29) is 0 Å². The maximum atomic E-state index is 4.31. The standard InChI is InChI=1S/C13H18N2/c1-8(2)10-5-12-13(15-7-14-12)6-11(10)9(3)4/h5-9H,1-4H3,(H,14,15). The summed E-state index contributed by atoms with van der Waals surface area (Å²) >= 11 is 0. The average molecular weight is 202 g/mol. The van der Waals surface area contributed by atoms with E-state index in [1.807, 2.05) is 0 Å². The van der Waals surface area contributed by atoms with Crippen LogP contribution in [0.15, 0.2) is 18.5 Å². The van der Waals surface area contributed by atoms with Crippen LogP contribution < -0.4 is 0 Å². The van der Waals surface area contributed by atoms with Crippen LogP contribution in [0.2, 0.25) is 0 Å². The van der Waals surface area contributed by atoms with Gasteiger partial charge >= 0.3 is 0 Å². The fourth-order valence-electron chi connectivity index (χ4n) is 2.01. The van der Waals surface area contributed by atoms with Crippen LogP contribution in [0.1, 0.15) is 50.7 Å². The Kier molecular flexibility index (Phi) is 2.51. The van der Waals surface area contributed by atoms with Crippen molar-refractivity contribution in [2.75, 3.05) is 0 Å². The Labute approximate surface area is 90.7 Å². The molecule has 0 aliphatic heterocycles. The van der Waals surface area contributed by atoms with E-state index in [0.717, 1.165) is 11.0 Å². The second-order valence-corrected chi connectivity index (χ2v) is 4.71. The Morgan fingerprint density at radius 1 is 1.00 bits per heavy atom. The molecule has 2 rings (SSSR count). The summed E-state index contributed by atoms with van der Waals surface area (Å²) in [6.07, 6.45) is 1.76. The number of nitrogens with zero attached hydrogens (tertiary/aromatic N) is 1. The average Bonchev–Trinajstić information content (AvgIpc) is 2.61. The highest BCUT2D eigenvalue weighted by molar-refractivity contribution is 5.77. The van der Waals surface area contributed by atoms with Crippen LogP contribution in [-0.2, 0) is 0 Å². The Morgan fingerprint density at radius 2 is 1.60 bits per heavy atom. The molecule has 1 N–H and O–H groups in total. The summed E-state index contributed by atoms with van der Waals surface area (Å²) in [5.74, 6) is 1.12. The third kappa shape index (κ3) is 1.76. The van der Waals surface area contributed by atoms with Gasteiger partial charge in [0.1, 0.15) is 0 Å². The lowest BCUT2D eigenvalue weighted by molar-refractivity contribution is 0.792. The van der Waals surface area contributed by atoms with Gasteiger partial charge in [0.15, 0.2) is 0 Å². The van der Waals surface area contributed by atoms with Gasteiger partial charge < -0.3 is 4.98 Å². The van der Waals surface area contributed by atoms with Gasteiger partial charge in [-0.05, 0) is 35.1 Å². The number of aromatic amines is 1. The molecule has 0 saturated carbocycles. The maximum Gasteiger partial charge on any atom is 0.0931 e. The Hall–Kier alpha value is -1.31. The molecule has 0 radical (unpaired) electrons. The van der Waals surface area contributed by atoms with Gasteiger partial charge in [-0.2, -0.15) is 0 Å². The molecule has 80 valence electrons. The third-order valence-corrected chi connectivity index (χ3v) is 2.87. The Bertz CT molecular complexity index is 424. The van der Waals surface area contributed by atoms with Crippen molar-refractivity contribution < 1.29 is 0 Å². The summed E-state index contributed by atoms with van der Waals surface area (Å²) in [5, 5.41) is 0. The van der Waals surface area contributed by atoms with Crippen LogP contribution in [-0.4, -0.2) is 9.97 Å². The molecule has 2 heteroatoms. The molecule has 15 heavy (non-hydrogen) atoms. The summed E-state index contributed by atoms with van der Waals surface area (Å²) < 4.78 is 0. The molecule has 0 bridgehead atoms. The highest BCUT2D eigenvalue weighted by atomic mass is 14.9. The van der Waals surface area contributed by atoms with Gasteiger partial charge in [-0.25, -0.2) is 4.98 Å². The lowest BCUT2D eigenvalue weighted by atomic mass is 9.90. The minimum atomic E-state index is 0.559. The van der Waals surface area contributed by atoms with E-state index in [1.54, 1.807) is 6.33 Å². The summed E-state index contributed by atoms with van der Waals surface area (Å²) in [6, 6.07) is 4.45. The fourth-order valence-corrected chi connectivity index (χ4v) is 2.01. The van der Waals surface area contributed by atoms with Gasteiger partial charge in [0.05, 0.1) is 17.4 Å². The van der Waals surface area contributed by atoms with Gasteiger partial charge in [0.25, 0.3) is 0 Å². The highest BCUT2D eigenvalue weighted by Crippen LogP contribution is 2.29. The molecule has 2 nitrogen and oxygen atoms in total. The van der Waals surface area contributed by atoms with E-state index < -0.39 is 0 Å². The molecular formula is C13H18N2.